The number of ether oxygens (including phenoxy) is 2. The van der Waals surface area contributed by atoms with E-state index in [9.17, 15) is 9.59 Å². The zero-order chi connectivity index (χ0) is 19.9. The third-order valence-electron chi connectivity index (χ3n) is 3.80. The molecular weight excluding hydrogens is 376 g/mol. The SMILES string of the molecule is COc1cc(/C=N\NC(=O)c2cccs2)ccc1OC(=O)c1ccc(C)cc1. The number of hydrogen-bond donors (Lipinski definition) is 1. The summed E-state index contributed by atoms with van der Waals surface area (Å²) >= 11 is 1.34. The molecule has 0 aliphatic carbocycles. The van der Waals surface area contributed by atoms with E-state index in [0.717, 1.165) is 5.56 Å². The Morgan fingerprint density at radius 1 is 1.07 bits per heavy atom. The van der Waals surface area contributed by atoms with Gasteiger partial charge in [-0.15, -0.1) is 11.3 Å². The maximum Gasteiger partial charge on any atom is 0.343 e. The molecule has 2 aromatic carbocycles. The van der Waals surface area contributed by atoms with Crippen LogP contribution in [-0.2, 0) is 0 Å². The van der Waals surface area contributed by atoms with E-state index >= 15 is 0 Å². The predicted molar refractivity (Wildman–Crippen MR) is 109 cm³/mol. The molecule has 1 aromatic heterocycles. The number of hydrogen-bond acceptors (Lipinski definition) is 6. The number of nitrogens with zero attached hydrogens (tertiary/aromatic N) is 1. The number of carbonyl (C=O) groups is 2. The Labute approximate surface area is 166 Å². The fourth-order valence-corrected chi connectivity index (χ4v) is 2.94. The van der Waals surface area contributed by atoms with Crippen LogP contribution in [0.2, 0.25) is 0 Å². The van der Waals surface area contributed by atoms with E-state index in [0.29, 0.717) is 27.5 Å². The number of nitrogens with one attached hydrogen (secondary N) is 1. The normalized spacial score (nSPS) is 10.6. The van der Waals surface area contributed by atoms with Crippen LogP contribution in [0.1, 0.15) is 31.2 Å². The van der Waals surface area contributed by atoms with Crippen molar-refractivity contribution in [2.45, 2.75) is 6.92 Å². The fraction of sp³-hybridized carbons (Fsp3) is 0.0952. The second-order valence-electron chi connectivity index (χ2n) is 5.84. The standard InChI is InChI=1S/C21H18N2O4S/c1-14-5-8-16(9-6-14)21(25)27-17-10-7-15(12-18(17)26-2)13-22-23-20(24)19-4-3-11-28-19/h3-13H,1-2H3,(H,23,24)/b22-13-. The third-order valence-corrected chi connectivity index (χ3v) is 4.67. The molecule has 3 rings (SSSR count). The third kappa shape index (κ3) is 4.83. The number of benzene rings is 2. The van der Waals surface area contributed by atoms with Crippen LogP contribution in [0.15, 0.2) is 65.1 Å². The Morgan fingerprint density at radius 3 is 2.54 bits per heavy atom. The van der Waals surface area contributed by atoms with E-state index in [4.69, 9.17) is 9.47 Å². The number of aryl methyl sites for hydroxylation is 1. The van der Waals surface area contributed by atoms with Crippen molar-refractivity contribution in [2.75, 3.05) is 7.11 Å². The highest BCUT2D eigenvalue weighted by molar-refractivity contribution is 7.12. The smallest absolute Gasteiger partial charge is 0.343 e. The quantitative estimate of drug-likeness (QED) is 0.296. The monoisotopic (exact) mass is 394 g/mol. The van der Waals surface area contributed by atoms with Crippen LogP contribution >= 0.6 is 11.3 Å². The zero-order valence-corrected chi connectivity index (χ0v) is 16.2. The number of rotatable bonds is 6. The van der Waals surface area contributed by atoms with E-state index < -0.39 is 5.97 Å². The second-order valence-corrected chi connectivity index (χ2v) is 6.79. The highest BCUT2D eigenvalue weighted by Crippen LogP contribution is 2.28. The number of amides is 1. The highest BCUT2D eigenvalue weighted by Gasteiger charge is 2.12. The molecule has 7 heteroatoms. The van der Waals surface area contributed by atoms with E-state index in [1.165, 1.54) is 24.7 Å². The van der Waals surface area contributed by atoms with Crippen molar-refractivity contribution in [2.24, 2.45) is 5.10 Å². The van der Waals surface area contributed by atoms with Crippen molar-refractivity contribution in [3.8, 4) is 11.5 Å². The van der Waals surface area contributed by atoms with Gasteiger partial charge in [-0.25, -0.2) is 10.2 Å². The van der Waals surface area contributed by atoms with E-state index in [1.807, 2.05) is 24.4 Å². The minimum Gasteiger partial charge on any atom is -0.493 e. The summed E-state index contributed by atoms with van der Waals surface area (Å²) in [6.07, 6.45) is 1.49. The van der Waals surface area contributed by atoms with E-state index in [2.05, 4.69) is 10.5 Å². The molecule has 0 aliphatic rings. The summed E-state index contributed by atoms with van der Waals surface area (Å²) in [5.41, 5.74) is 4.65. The largest absolute Gasteiger partial charge is 0.493 e. The van der Waals surface area contributed by atoms with Gasteiger partial charge in [-0.2, -0.15) is 5.10 Å². The van der Waals surface area contributed by atoms with E-state index in [-0.39, 0.29) is 5.91 Å². The van der Waals surface area contributed by atoms with Gasteiger partial charge in [-0.05, 0) is 54.3 Å². The van der Waals surface area contributed by atoms with Gasteiger partial charge in [-0.3, -0.25) is 4.79 Å². The molecule has 0 bridgehead atoms. The van der Waals surface area contributed by atoms with Crippen LogP contribution in [0.4, 0.5) is 0 Å². The van der Waals surface area contributed by atoms with Crippen LogP contribution < -0.4 is 14.9 Å². The first-order chi connectivity index (χ1) is 13.6. The molecule has 0 spiro atoms. The molecule has 0 saturated heterocycles. The van der Waals surface area contributed by atoms with Gasteiger partial charge in [-0.1, -0.05) is 23.8 Å². The van der Waals surface area contributed by atoms with Crippen molar-refractivity contribution in [1.82, 2.24) is 5.43 Å². The summed E-state index contributed by atoms with van der Waals surface area (Å²) in [4.78, 5) is 24.7. The molecule has 1 N–H and O–H groups in total. The Morgan fingerprint density at radius 2 is 1.86 bits per heavy atom. The van der Waals surface area contributed by atoms with Gasteiger partial charge >= 0.3 is 5.97 Å². The molecule has 0 unspecified atom stereocenters. The van der Waals surface area contributed by atoms with Gasteiger partial charge in [0, 0.05) is 0 Å². The van der Waals surface area contributed by atoms with Gasteiger partial charge in [0.25, 0.3) is 5.91 Å². The number of carbonyl (C=O) groups excluding carboxylic acids is 2. The maximum atomic E-state index is 12.3. The molecule has 142 valence electrons. The Bertz CT molecular complexity index is 996. The fourth-order valence-electron chi connectivity index (χ4n) is 2.33. The minimum atomic E-state index is -0.470. The molecule has 0 saturated carbocycles. The van der Waals surface area contributed by atoms with Gasteiger partial charge < -0.3 is 9.47 Å². The molecule has 0 fully saturated rings. The zero-order valence-electron chi connectivity index (χ0n) is 15.3. The first-order valence-electron chi connectivity index (χ1n) is 8.40. The predicted octanol–water partition coefficient (Wildman–Crippen LogP) is 4.05. The second kappa shape index (κ2) is 8.96. The molecule has 6 nitrogen and oxygen atoms in total. The summed E-state index contributed by atoms with van der Waals surface area (Å²) in [6, 6.07) is 15.6. The lowest BCUT2D eigenvalue weighted by molar-refractivity contribution is 0.0729. The first-order valence-corrected chi connectivity index (χ1v) is 9.28. The minimum absolute atomic E-state index is 0.276. The Kier molecular flexibility index (Phi) is 6.18. The molecule has 0 aliphatic heterocycles. The molecule has 0 radical (unpaired) electrons. The lowest BCUT2D eigenvalue weighted by Crippen LogP contribution is -2.16. The number of esters is 1. The van der Waals surface area contributed by atoms with Gasteiger partial charge in [0.2, 0.25) is 0 Å². The Hall–Kier alpha value is -3.45. The summed E-state index contributed by atoms with van der Waals surface area (Å²) in [7, 11) is 1.48. The van der Waals surface area contributed by atoms with Crippen LogP contribution in [0.5, 0.6) is 11.5 Å². The lowest BCUT2D eigenvalue weighted by atomic mass is 10.1. The van der Waals surface area contributed by atoms with Gasteiger partial charge in [0.15, 0.2) is 11.5 Å². The Balaban J connectivity index is 1.67. The topological polar surface area (TPSA) is 77.0 Å². The first kappa shape index (κ1) is 19.3. The summed E-state index contributed by atoms with van der Waals surface area (Å²) in [5, 5.41) is 5.76. The molecule has 28 heavy (non-hydrogen) atoms. The number of hydrazone groups is 1. The average molecular weight is 394 g/mol. The van der Waals surface area contributed by atoms with Crippen LogP contribution in [0.3, 0.4) is 0 Å². The summed E-state index contributed by atoms with van der Waals surface area (Å²) in [5.74, 6) is -0.0633. The molecule has 1 heterocycles. The van der Waals surface area contributed by atoms with Crippen LogP contribution in [0.25, 0.3) is 0 Å². The molecule has 1 amide bonds. The summed E-state index contributed by atoms with van der Waals surface area (Å²) < 4.78 is 10.7. The van der Waals surface area contributed by atoms with Crippen molar-refractivity contribution in [1.29, 1.82) is 0 Å². The highest BCUT2D eigenvalue weighted by atomic mass is 32.1. The molecule has 0 atom stereocenters. The van der Waals surface area contributed by atoms with Crippen LogP contribution in [-0.4, -0.2) is 25.2 Å². The molecular formula is C21H18N2O4S. The van der Waals surface area contributed by atoms with Gasteiger partial charge in [0.05, 0.1) is 23.8 Å². The average Bonchev–Trinajstić information content (AvgIpc) is 3.24. The number of thiophene rings is 1. The number of methoxy groups -OCH3 is 1. The molecule has 3 aromatic rings. The lowest BCUT2D eigenvalue weighted by Gasteiger charge is -2.10. The van der Waals surface area contributed by atoms with Crippen molar-refractivity contribution < 1.29 is 19.1 Å². The summed E-state index contributed by atoms with van der Waals surface area (Å²) in [6.45, 7) is 1.95. The maximum absolute atomic E-state index is 12.3. The van der Waals surface area contributed by atoms with E-state index in [1.54, 1.807) is 42.5 Å². The van der Waals surface area contributed by atoms with Crippen LogP contribution in [0, 0.1) is 6.92 Å². The van der Waals surface area contributed by atoms with Crippen molar-refractivity contribution in [3.05, 3.63) is 81.5 Å². The van der Waals surface area contributed by atoms with Gasteiger partial charge in [0.1, 0.15) is 0 Å². The van der Waals surface area contributed by atoms with Crippen molar-refractivity contribution >= 4 is 29.4 Å². The van der Waals surface area contributed by atoms with Crippen molar-refractivity contribution in [3.63, 3.8) is 0 Å².